The molecular formula is C8H17N3O2S. The molecule has 0 spiro atoms. The van der Waals surface area contributed by atoms with Crippen molar-refractivity contribution in [3.05, 3.63) is 0 Å². The van der Waals surface area contributed by atoms with Crippen LogP contribution < -0.4 is 10.0 Å². The third-order valence-corrected chi connectivity index (χ3v) is 4.47. The van der Waals surface area contributed by atoms with Crippen molar-refractivity contribution >= 4 is 10.2 Å². The predicted molar refractivity (Wildman–Crippen MR) is 54.1 cm³/mol. The summed E-state index contributed by atoms with van der Waals surface area (Å²) < 4.78 is 27.8. The van der Waals surface area contributed by atoms with E-state index in [1.54, 1.807) is 4.31 Å². The molecule has 0 aromatic carbocycles. The quantitative estimate of drug-likeness (QED) is 0.649. The second-order valence-corrected chi connectivity index (χ2v) is 5.93. The van der Waals surface area contributed by atoms with Crippen LogP contribution in [0.4, 0.5) is 0 Å². The van der Waals surface area contributed by atoms with Gasteiger partial charge in [-0.15, -0.1) is 0 Å². The van der Waals surface area contributed by atoms with E-state index in [1.165, 1.54) is 0 Å². The van der Waals surface area contributed by atoms with Crippen LogP contribution in [0.3, 0.4) is 0 Å². The van der Waals surface area contributed by atoms with E-state index in [2.05, 4.69) is 17.0 Å². The van der Waals surface area contributed by atoms with Gasteiger partial charge in [-0.1, -0.05) is 6.92 Å². The second kappa shape index (κ2) is 3.77. The molecule has 2 N–H and O–H groups in total. The Kier molecular flexibility index (Phi) is 2.79. The van der Waals surface area contributed by atoms with Crippen molar-refractivity contribution in [3.63, 3.8) is 0 Å². The second-order valence-electron chi connectivity index (χ2n) is 4.23. The van der Waals surface area contributed by atoms with Crippen molar-refractivity contribution < 1.29 is 8.42 Å². The van der Waals surface area contributed by atoms with E-state index < -0.39 is 10.2 Å². The summed E-state index contributed by atoms with van der Waals surface area (Å²) in [6.45, 7) is 4.91. The summed E-state index contributed by atoms with van der Waals surface area (Å²) in [5, 5.41) is 3.04. The molecule has 2 rings (SSSR count). The molecule has 2 saturated heterocycles. The zero-order valence-corrected chi connectivity index (χ0v) is 9.18. The molecule has 0 saturated carbocycles. The van der Waals surface area contributed by atoms with Crippen LogP contribution in [-0.4, -0.2) is 44.9 Å². The lowest BCUT2D eigenvalue weighted by molar-refractivity contribution is 0.386. The average molecular weight is 219 g/mol. The van der Waals surface area contributed by atoms with E-state index in [-0.39, 0.29) is 6.04 Å². The molecule has 2 aliphatic heterocycles. The Morgan fingerprint density at radius 2 is 2.14 bits per heavy atom. The minimum atomic E-state index is -3.21. The standard InChI is InChI=1S/C8H17N3O2S/c1-7-2-3-11(6-7)14(12,13)10-8-4-9-5-8/h7-10H,2-6H2,1H3. The van der Waals surface area contributed by atoms with Crippen molar-refractivity contribution in [1.29, 1.82) is 0 Å². The molecular weight excluding hydrogens is 202 g/mol. The summed E-state index contributed by atoms with van der Waals surface area (Å²) in [5.74, 6) is 0.492. The van der Waals surface area contributed by atoms with E-state index in [0.29, 0.717) is 19.0 Å². The molecule has 2 heterocycles. The number of hydrogen-bond acceptors (Lipinski definition) is 3. The van der Waals surface area contributed by atoms with Crippen LogP contribution >= 0.6 is 0 Å². The fourth-order valence-electron chi connectivity index (χ4n) is 1.77. The van der Waals surface area contributed by atoms with Crippen molar-refractivity contribution in [3.8, 4) is 0 Å². The number of nitrogens with one attached hydrogen (secondary N) is 2. The molecule has 6 heteroatoms. The van der Waals surface area contributed by atoms with Crippen LogP contribution in [0.25, 0.3) is 0 Å². The fourth-order valence-corrected chi connectivity index (χ4v) is 3.30. The van der Waals surface area contributed by atoms with Crippen LogP contribution in [0.1, 0.15) is 13.3 Å². The van der Waals surface area contributed by atoms with E-state index >= 15 is 0 Å². The molecule has 0 radical (unpaired) electrons. The molecule has 1 atom stereocenters. The smallest absolute Gasteiger partial charge is 0.279 e. The highest BCUT2D eigenvalue weighted by Crippen LogP contribution is 2.17. The van der Waals surface area contributed by atoms with Gasteiger partial charge in [-0.2, -0.15) is 17.4 Å². The van der Waals surface area contributed by atoms with Crippen LogP contribution in [0.15, 0.2) is 0 Å². The normalized spacial score (nSPS) is 30.5. The first-order valence-electron chi connectivity index (χ1n) is 5.06. The molecule has 0 aromatic heterocycles. The highest BCUT2D eigenvalue weighted by atomic mass is 32.2. The molecule has 14 heavy (non-hydrogen) atoms. The zero-order chi connectivity index (χ0) is 10.2. The van der Waals surface area contributed by atoms with Gasteiger partial charge in [-0.05, 0) is 12.3 Å². The summed E-state index contributed by atoms with van der Waals surface area (Å²) in [6.07, 6.45) is 0.976. The summed E-state index contributed by atoms with van der Waals surface area (Å²) in [4.78, 5) is 0. The molecule has 0 aliphatic carbocycles. The molecule has 0 bridgehead atoms. The molecule has 0 amide bonds. The minimum Gasteiger partial charge on any atom is -0.313 e. The predicted octanol–water partition coefficient (Wildman–Crippen LogP) is -0.866. The van der Waals surface area contributed by atoms with Crippen molar-refractivity contribution in [2.75, 3.05) is 26.2 Å². The molecule has 2 aliphatic rings. The summed E-state index contributed by atoms with van der Waals surface area (Å²) >= 11 is 0. The Bertz CT molecular complexity index is 300. The number of hydrogen-bond donors (Lipinski definition) is 2. The van der Waals surface area contributed by atoms with Crippen LogP contribution in [-0.2, 0) is 10.2 Å². The summed E-state index contributed by atoms with van der Waals surface area (Å²) in [6, 6.07) is 0.0934. The Hall–Kier alpha value is -0.170. The Morgan fingerprint density at radius 3 is 2.57 bits per heavy atom. The third kappa shape index (κ3) is 2.08. The van der Waals surface area contributed by atoms with Crippen molar-refractivity contribution in [2.45, 2.75) is 19.4 Å². The maximum Gasteiger partial charge on any atom is 0.279 e. The first-order valence-corrected chi connectivity index (χ1v) is 6.50. The van der Waals surface area contributed by atoms with Crippen LogP contribution in [0.5, 0.6) is 0 Å². The van der Waals surface area contributed by atoms with Gasteiger partial charge in [-0.3, -0.25) is 0 Å². The van der Waals surface area contributed by atoms with Gasteiger partial charge in [0.15, 0.2) is 0 Å². The highest BCUT2D eigenvalue weighted by Gasteiger charge is 2.32. The largest absolute Gasteiger partial charge is 0.313 e. The van der Waals surface area contributed by atoms with Gasteiger partial charge in [0.25, 0.3) is 10.2 Å². The van der Waals surface area contributed by atoms with Gasteiger partial charge in [-0.25, -0.2) is 0 Å². The lowest BCUT2D eigenvalue weighted by Gasteiger charge is -2.29. The maximum absolute atomic E-state index is 11.8. The minimum absolute atomic E-state index is 0.0934. The molecule has 0 aromatic rings. The topological polar surface area (TPSA) is 61.4 Å². The van der Waals surface area contributed by atoms with E-state index in [9.17, 15) is 8.42 Å². The van der Waals surface area contributed by atoms with Gasteiger partial charge >= 0.3 is 0 Å². The van der Waals surface area contributed by atoms with Crippen molar-refractivity contribution in [2.24, 2.45) is 5.92 Å². The lowest BCUT2D eigenvalue weighted by atomic mass is 10.2. The van der Waals surface area contributed by atoms with Crippen LogP contribution in [0.2, 0.25) is 0 Å². The number of rotatable bonds is 3. The molecule has 2 fully saturated rings. The highest BCUT2D eigenvalue weighted by molar-refractivity contribution is 7.87. The fraction of sp³-hybridized carbons (Fsp3) is 1.00. The van der Waals surface area contributed by atoms with E-state index in [0.717, 1.165) is 19.5 Å². The van der Waals surface area contributed by atoms with E-state index in [1.807, 2.05) is 0 Å². The van der Waals surface area contributed by atoms with Crippen molar-refractivity contribution in [1.82, 2.24) is 14.3 Å². The monoisotopic (exact) mass is 219 g/mol. The van der Waals surface area contributed by atoms with Gasteiger partial charge in [0.2, 0.25) is 0 Å². The molecule has 5 nitrogen and oxygen atoms in total. The van der Waals surface area contributed by atoms with Gasteiger partial charge in [0, 0.05) is 32.2 Å². The lowest BCUT2D eigenvalue weighted by Crippen LogP contribution is -2.59. The maximum atomic E-state index is 11.8. The summed E-state index contributed by atoms with van der Waals surface area (Å²) in [5.41, 5.74) is 0. The van der Waals surface area contributed by atoms with Gasteiger partial charge in [0.1, 0.15) is 0 Å². The SMILES string of the molecule is CC1CCN(S(=O)(=O)NC2CNC2)C1. The molecule has 82 valence electrons. The molecule has 1 unspecified atom stereocenters. The average Bonchev–Trinajstić information content (AvgIpc) is 2.45. The third-order valence-electron chi connectivity index (χ3n) is 2.82. The van der Waals surface area contributed by atoms with E-state index in [4.69, 9.17) is 0 Å². The zero-order valence-electron chi connectivity index (χ0n) is 8.36. The first kappa shape index (κ1) is 10.4. The Labute approximate surface area is 85.0 Å². The van der Waals surface area contributed by atoms with Gasteiger partial charge < -0.3 is 5.32 Å². The first-order chi connectivity index (χ1) is 6.58. The Morgan fingerprint density at radius 1 is 1.43 bits per heavy atom. The van der Waals surface area contributed by atoms with Crippen LogP contribution in [0, 0.1) is 5.92 Å². The Balaban J connectivity index is 1.93. The number of nitrogens with zero attached hydrogens (tertiary/aromatic N) is 1. The summed E-state index contributed by atoms with van der Waals surface area (Å²) in [7, 11) is -3.21. The van der Waals surface area contributed by atoms with Gasteiger partial charge in [0.05, 0.1) is 0 Å².